The molecule has 1 aromatic carbocycles. The van der Waals surface area contributed by atoms with Crippen LogP contribution in [-0.2, 0) is 26.2 Å². The predicted octanol–water partition coefficient (Wildman–Crippen LogP) is 2.01. The molecule has 0 bridgehead atoms. The Labute approximate surface area is 139 Å². The van der Waals surface area contributed by atoms with E-state index in [9.17, 15) is 0 Å². The number of aromatic nitrogens is 4. The lowest BCUT2D eigenvalue weighted by Crippen LogP contribution is -2.18. The van der Waals surface area contributed by atoms with E-state index in [4.69, 9.17) is 5.10 Å². The minimum absolute atomic E-state index is 0.855. The Balaban J connectivity index is 1.44. The topological polar surface area (TPSA) is 58.9 Å². The van der Waals surface area contributed by atoms with Gasteiger partial charge < -0.3 is 5.32 Å². The predicted molar refractivity (Wildman–Crippen MR) is 91.1 cm³/mol. The van der Waals surface area contributed by atoms with Gasteiger partial charge in [-0.2, -0.15) is 13.8 Å². The summed E-state index contributed by atoms with van der Waals surface area (Å²) in [5.74, 6) is 0. The first-order valence-corrected chi connectivity index (χ1v) is 8.67. The molecule has 0 unspecified atom stereocenters. The van der Waals surface area contributed by atoms with Gasteiger partial charge in [-0.05, 0) is 43.8 Å². The Morgan fingerprint density at radius 3 is 3.09 bits per heavy atom. The molecule has 2 aromatic heterocycles. The van der Waals surface area contributed by atoms with E-state index in [-0.39, 0.29) is 0 Å². The molecule has 3 aromatic rings. The fourth-order valence-electron chi connectivity index (χ4n) is 3.07. The Bertz CT molecular complexity index is 784. The lowest BCUT2D eigenvalue weighted by molar-refractivity contribution is 0.313. The minimum Gasteiger partial charge on any atom is -0.311 e. The SMILES string of the molecule is CN(Cc1ccc2nsnc2c1)Cc1cc2n(n1)CCCNC2. The van der Waals surface area contributed by atoms with Crippen LogP contribution in [0.5, 0.6) is 0 Å². The number of benzene rings is 1. The fourth-order valence-corrected chi connectivity index (χ4v) is 3.59. The van der Waals surface area contributed by atoms with Gasteiger partial charge in [0.25, 0.3) is 0 Å². The zero-order chi connectivity index (χ0) is 15.6. The van der Waals surface area contributed by atoms with Gasteiger partial charge in [-0.3, -0.25) is 9.58 Å². The molecule has 0 saturated carbocycles. The van der Waals surface area contributed by atoms with Gasteiger partial charge in [-0.25, -0.2) is 0 Å². The zero-order valence-corrected chi connectivity index (χ0v) is 14.0. The first-order valence-electron chi connectivity index (χ1n) is 7.94. The number of rotatable bonds is 4. The van der Waals surface area contributed by atoms with Crippen molar-refractivity contribution in [2.45, 2.75) is 32.6 Å². The highest BCUT2D eigenvalue weighted by molar-refractivity contribution is 7.00. The molecule has 0 spiro atoms. The molecule has 6 nitrogen and oxygen atoms in total. The fraction of sp³-hybridized carbons (Fsp3) is 0.438. The molecular weight excluding hydrogens is 308 g/mol. The van der Waals surface area contributed by atoms with Crippen molar-refractivity contribution in [2.24, 2.45) is 0 Å². The van der Waals surface area contributed by atoms with Crippen molar-refractivity contribution in [1.29, 1.82) is 0 Å². The smallest absolute Gasteiger partial charge is 0.105 e. The van der Waals surface area contributed by atoms with Crippen LogP contribution in [0, 0.1) is 0 Å². The summed E-state index contributed by atoms with van der Waals surface area (Å²) in [6, 6.07) is 8.53. The molecule has 1 aliphatic heterocycles. The summed E-state index contributed by atoms with van der Waals surface area (Å²) in [5.41, 5.74) is 5.66. The first kappa shape index (κ1) is 14.7. The van der Waals surface area contributed by atoms with Gasteiger partial charge in [-0.15, -0.1) is 0 Å². The highest BCUT2D eigenvalue weighted by Gasteiger charge is 2.12. The second kappa shape index (κ2) is 6.35. The summed E-state index contributed by atoms with van der Waals surface area (Å²) in [4.78, 5) is 2.29. The lowest BCUT2D eigenvalue weighted by atomic mass is 10.2. The van der Waals surface area contributed by atoms with Crippen molar-refractivity contribution < 1.29 is 0 Å². The van der Waals surface area contributed by atoms with Crippen molar-refractivity contribution in [3.8, 4) is 0 Å². The van der Waals surface area contributed by atoms with E-state index in [0.717, 1.165) is 55.9 Å². The number of fused-ring (bicyclic) bond motifs is 2. The molecule has 0 radical (unpaired) electrons. The summed E-state index contributed by atoms with van der Waals surface area (Å²) in [5, 5.41) is 8.19. The number of nitrogens with zero attached hydrogens (tertiary/aromatic N) is 5. The quantitative estimate of drug-likeness (QED) is 0.794. The van der Waals surface area contributed by atoms with Crippen LogP contribution in [0.1, 0.15) is 23.4 Å². The van der Waals surface area contributed by atoms with Gasteiger partial charge in [0.1, 0.15) is 11.0 Å². The lowest BCUT2D eigenvalue weighted by Gasteiger charge is -2.15. The molecule has 23 heavy (non-hydrogen) atoms. The normalized spacial score (nSPS) is 15.0. The molecule has 3 heterocycles. The van der Waals surface area contributed by atoms with Gasteiger partial charge >= 0.3 is 0 Å². The summed E-state index contributed by atoms with van der Waals surface area (Å²) < 4.78 is 10.7. The summed E-state index contributed by atoms with van der Waals surface area (Å²) in [7, 11) is 2.13. The van der Waals surface area contributed by atoms with Crippen LogP contribution in [-0.4, -0.2) is 37.0 Å². The number of aryl methyl sites for hydroxylation is 1. The zero-order valence-electron chi connectivity index (χ0n) is 13.2. The molecule has 0 saturated heterocycles. The highest BCUT2D eigenvalue weighted by Crippen LogP contribution is 2.16. The second-order valence-corrected chi connectivity index (χ2v) is 6.67. The number of hydrogen-bond donors (Lipinski definition) is 1. The maximum absolute atomic E-state index is 4.75. The molecule has 0 atom stereocenters. The van der Waals surface area contributed by atoms with E-state index in [0.29, 0.717) is 0 Å². The van der Waals surface area contributed by atoms with E-state index in [2.05, 4.69) is 48.9 Å². The van der Waals surface area contributed by atoms with Gasteiger partial charge in [-0.1, -0.05) is 6.07 Å². The van der Waals surface area contributed by atoms with Crippen molar-refractivity contribution in [1.82, 2.24) is 28.7 Å². The van der Waals surface area contributed by atoms with Gasteiger partial charge in [0.2, 0.25) is 0 Å². The molecule has 0 amide bonds. The Kier molecular flexibility index (Phi) is 4.07. The Morgan fingerprint density at radius 2 is 2.13 bits per heavy atom. The number of nitrogens with one attached hydrogen (secondary N) is 1. The van der Waals surface area contributed by atoms with Gasteiger partial charge in [0, 0.05) is 26.2 Å². The minimum atomic E-state index is 0.855. The maximum atomic E-state index is 4.75. The average molecular weight is 328 g/mol. The number of hydrogen-bond acceptors (Lipinski definition) is 6. The van der Waals surface area contributed by atoms with Crippen LogP contribution < -0.4 is 5.32 Å². The average Bonchev–Trinajstić information content (AvgIpc) is 3.08. The van der Waals surface area contributed by atoms with Crippen LogP contribution in [0.4, 0.5) is 0 Å². The summed E-state index contributed by atoms with van der Waals surface area (Å²) >= 11 is 1.27. The van der Waals surface area contributed by atoms with Crippen molar-refractivity contribution in [3.63, 3.8) is 0 Å². The first-order chi connectivity index (χ1) is 11.3. The van der Waals surface area contributed by atoms with Crippen LogP contribution in [0.2, 0.25) is 0 Å². The Morgan fingerprint density at radius 1 is 1.22 bits per heavy atom. The highest BCUT2D eigenvalue weighted by atomic mass is 32.1. The third-order valence-corrected chi connectivity index (χ3v) is 4.70. The van der Waals surface area contributed by atoms with E-state index >= 15 is 0 Å². The van der Waals surface area contributed by atoms with Crippen LogP contribution >= 0.6 is 11.7 Å². The van der Waals surface area contributed by atoms with Crippen molar-refractivity contribution in [2.75, 3.05) is 13.6 Å². The van der Waals surface area contributed by atoms with Crippen molar-refractivity contribution >= 4 is 22.8 Å². The monoisotopic (exact) mass is 328 g/mol. The second-order valence-electron chi connectivity index (χ2n) is 6.14. The third-order valence-electron chi connectivity index (χ3n) is 4.15. The molecule has 1 N–H and O–H groups in total. The molecule has 0 aliphatic carbocycles. The molecular formula is C16H20N6S. The third kappa shape index (κ3) is 3.26. The molecule has 1 aliphatic rings. The van der Waals surface area contributed by atoms with Gasteiger partial charge in [0.05, 0.1) is 23.1 Å². The molecule has 120 valence electrons. The van der Waals surface area contributed by atoms with Crippen LogP contribution in [0.15, 0.2) is 24.3 Å². The summed E-state index contributed by atoms with van der Waals surface area (Å²) in [6.07, 6.45) is 1.14. The van der Waals surface area contributed by atoms with E-state index in [1.165, 1.54) is 23.0 Å². The largest absolute Gasteiger partial charge is 0.311 e. The van der Waals surface area contributed by atoms with E-state index in [1.807, 2.05) is 6.07 Å². The van der Waals surface area contributed by atoms with Crippen LogP contribution in [0.3, 0.4) is 0 Å². The van der Waals surface area contributed by atoms with Gasteiger partial charge in [0.15, 0.2) is 0 Å². The molecule has 0 fully saturated rings. The maximum Gasteiger partial charge on any atom is 0.105 e. The molecule has 7 heteroatoms. The van der Waals surface area contributed by atoms with Crippen molar-refractivity contribution in [3.05, 3.63) is 41.2 Å². The molecule has 4 rings (SSSR count). The van der Waals surface area contributed by atoms with Crippen LogP contribution in [0.25, 0.3) is 11.0 Å². The standard InChI is InChI=1S/C16H20N6S/c1-21(10-12-3-4-15-16(7-12)20-23-19-15)11-13-8-14-9-17-5-2-6-22(14)18-13/h3-4,7-8,17H,2,5-6,9-11H2,1H3. The Hall–Kier alpha value is -1.83. The summed E-state index contributed by atoms with van der Waals surface area (Å²) in [6.45, 7) is 4.75. The van der Waals surface area contributed by atoms with E-state index in [1.54, 1.807) is 0 Å². The van der Waals surface area contributed by atoms with E-state index < -0.39 is 0 Å².